The van der Waals surface area contributed by atoms with Crippen molar-refractivity contribution in [3.8, 4) is 5.75 Å². The van der Waals surface area contributed by atoms with E-state index in [1.165, 1.54) is 6.92 Å². The Morgan fingerprint density at radius 1 is 1.39 bits per heavy atom. The maximum Gasteiger partial charge on any atom is 0.231 e. The summed E-state index contributed by atoms with van der Waals surface area (Å²) in [6.45, 7) is 0.817. The summed E-state index contributed by atoms with van der Waals surface area (Å²) < 4.78 is 12.2. The monoisotopic (exact) mass is 435 g/mol. The van der Waals surface area contributed by atoms with Crippen LogP contribution in [-0.2, 0) is 4.74 Å². The van der Waals surface area contributed by atoms with Gasteiger partial charge < -0.3 is 34.9 Å². The third-order valence-electron chi connectivity index (χ3n) is 4.10. The molecule has 2 heterocycles. The van der Waals surface area contributed by atoms with Crippen molar-refractivity contribution in [3.63, 3.8) is 0 Å². The van der Waals surface area contributed by atoms with Crippen LogP contribution in [0.5, 0.6) is 5.75 Å². The van der Waals surface area contributed by atoms with Gasteiger partial charge in [-0.2, -0.15) is 0 Å². The molecule has 5 N–H and O–H groups in total. The van der Waals surface area contributed by atoms with E-state index >= 15 is 0 Å². The molecule has 0 saturated carbocycles. The van der Waals surface area contributed by atoms with Crippen molar-refractivity contribution in [3.05, 3.63) is 28.0 Å². The molecule has 5 atom stereocenters. The summed E-state index contributed by atoms with van der Waals surface area (Å²) in [5.74, 6) is 0.448. The van der Waals surface area contributed by atoms with Crippen LogP contribution in [0.25, 0.3) is 10.9 Å². The molecule has 0 amide bonds. The third-order valence-corrected chi connectivity index (χ3v) is 4.77. The molecule has 1 aliphatic rings. The topological polar surface area (TPSA) is 115 Å². The first-order valence-corrected chi connectivity index (χ1v) is 8.20. The highest BCUT2D eigenvalue weighted by Crippen LogP contribution is 2.34. The first-order valence-electron chi connectivity index (χ1n) is 7.12. The molecule has 7 nitrogen and oxygen atoms in total. The Balaban J connectivity index is 1.92. The Labute approximate surface area is 146 Å². The number of hydrogen-bond acceptors (Lipinski definition) is 6. The van der Waals surface area contributed by atoms with E-state index in [1.54, 1.807) is 6.20 Å². The molecule has 1 aromatic heterocycles. The first kappa shape index (κ1) is 16.9. The number of aliphatic hydroxyl groups is 4. The lowest BCUT2D eigenvalue weighted by atomic mass is 9.88. The number of fused-ring (bicyclic) bond motifs is 1. The first-order chi connectivity index (χ1) is 10.8. The predicted octanol–water partition coefficient (Wildman–Crippen LogP) is 0.341. The second-order valence-corrected chi connectivity index (χ2v) is 7.06. The molecule has 1 saturated heterocycles. The summed E-state index contributed by atoms with van der Waals surface area (Å²) in [6.07, 6.45) is -3.57. The molecule has 1 aromatic carbocycles. The molecule has 1 fully saturated rings. The lowest BCUT2D eigenvalue weighted by molar-refractivity contribution is -0.314. The van der Waals surface area contributed by atoms with Crippen molar-refractivity contribution >= 4 is 33.5 Å². The summed E-state index contributed by atoms with van der Waals surface area (Å²) in [5, 5.41) is 40.5. The second-order valence-electron chi connectivity index (χ2n) is 5.81. The molecule has 0 aliphatic carbocycles. The SMILES string of the molecule is C[C@]1(O)[C@H](Oc2c[nH]c3ccc(I)cc23)O[C@H](CO)[C@H](O)[C@H]1O. The van der Waals surface area contributed by atoms with Gasteiger partial charge in [0.1, 0.15) is 24.1 Å². The fourth-order valence-corrected chi connectivity index (χ4v) is 3.13. The minimum atomic E-state index is -1.84. The number of H-pyrrole nitrogens is 1. The number of aromatic nitrogens is 1. The molecule has 0 bridgehead atoms. The van der Waals surface area contributed by atoms with Crippen LogP contribution >= 0.6 is 22.6 Å². The lowest BCUT2D eigenvalue weighted by Gasteiger charge is -2.45. The largest absolute Gasteiger partial charge is 0.459 e. The summed E-state index contributed by atoms with van der Waals surface area (Å²) in [6, 6.07) is 5.76. The molecule has 3 rings (SSSR count). The number of aliphatic hydroxyl groups excluding tert-OH is 3. The van der Waals surface area contributed by atoms with Crippen molar-refractivity contribution in [1.29, 1.82) is 0 Å². The van der Waals surface area contributed by atoms with E-state index in [2.05, 4.69) is 27.6 Å². The van der Waals surface area contributed by atoms with Gasteiger partial charge in [0.25, 0.3) is 0 Å². The van der Waals surface area contributed by atoms with Gasteiger partial charge in [-0.15, -0.1) is 0 Å². The van der Waals surface area contributed by atoms with Crippen LogP contribution in [0, 0.1) is 3.57 Å². The van der Waals surface area contributed by atoms with Gasteiger partial charge in [-0.25, -0.2) is 0 Å². The Hall–Kier alpha value is -0.910. The molecule has 23 heavy (non-hydrogen) atoms. The molecule has 126 valence electrons. The van der Waals surface area contributed by atoms with E-state index < -0.39 is 36.8 Å². The fraction of sp³-hybridized carbons (Fsp3) is 0.467. The Bertz CT molecular complexity index is 702. The smallest absolute Gasteiger partial charge is 0.231 e. The van der Waals surface area contributed by atoms with Gasteiger partial charge in [-0.1, -0.05) is 0 Å². The van der Waals surface area contributed by atoms with Crippen molar-refractivity contribution in [2.75, 3.05) is 6.61 Å². The Morgan fingerprint density at radius 3 is 2.83 bits per heavy atom. The van der Waals surface area contributed by atoms with Crippen molar-refractivity contribution in [2.45, 2.75) is 37.1 Å². The molecule has 8 heteroatoms. The molecular formula is C15H18INO6. The van der Waals surface area contributed by atoms with Crippen LogP contribution in [0.3, 0.4) is 0 Å². The van der Waals surface area contributed by atoms with E-state index in [1.807, 2.05) is 18.2 Å². The standard InChI is InChI=1S/C15H18INO6/c1-15(21)13(20)12(19)11(6-18)23-14(15)22-10-5-17-9-3-2-7(16)4-8(9)10/h2-5,11-14,17-21H,6H2,1H3/t11-,12+,13-,14-,15-/m1/s1. The minimum Gasteiger partial charge on any atom is -0.459 e. The Kier molecular flexibility index (Phi) is 4.55. The lowest BCUT2D eigenvalue weighted by Crippen LogP contribution is -2.66. The van der Waals surface area contributed by atoms with Crippen molar-refractivity contribution < 1.29 is 29.9 Å². The van der Waals surface area contributed by atoms with Gasteiger partial charge in [0.05, 0.1) is 6.61 Å². The summed E-state index contributed by atoms with van der Waals surface area (Å²) >= 11 is 2.18. The number of aromatic amines is 1. The minimum absolute atomic E-state index is 0.448. The molecule has 0 spiro atoms. The Morgan fingerprint density at radius 2 is 2.13 bits per heavy atom. The molecule has 0 radical (unpaired) electrons. The van der Waals surface area contributed by atoms with Crippen molar-refractivity contribution in [2.24, 2.45) is 0 Å². The normalized spacial score (nSPS) is 34.7. The zero-order valence-electron chi connectivity index (χ0n) is 12.3. The van der Waals surface area contributed by atoms with Crippen LogP contribution in [0.15, 0.2) is 24.4 Å². The number of benzene rings is 1. The van der Waals surface area contributed by atoms with E-state index in [0.29, 0.717) is 5.75 Å². The van der Waals surface area contributed by atoms with Crippen LogP contribution in [0.1, 0.15) is 6.92 Å². The average Bonchev–Trinajstić information content (AvgIpc) is 2.90. The third kappa shape index (κ3) is 2.94. The molecule has 0 unspecified atom stereocenters. The van der Waals surface area contributed by atoms with Gasteiger partial charge in [0.2, 0.25) is 6.29 Å². The van der Waals surface area contributed by atoms with E-state index in [-0.39, 0.29) is 0 Å². The van der Waals surface area contributed by atoms with Crippen LogP contribution in [0.4, 0.5) is 0 Å². The van der Waals surface area contributed by atoms with Gasteiger partial charge in [-0.3, -0.25) is 0 Å². The van der Waals surface area contributed by atoms with E-state index in [4.69, 9.17) is 9.47 Å². The maximum absolute atomic E-state index is 10.5. The fourth-order valence-electron chi connectivity index (χ4n) is 2.64. The van der Waals surface area contributed by atoms with Gasteiger partial charge >= 0.3 is 0 Å². The number of rotatable bonds is 3. The van der Waals surface area contributed by atoms with Gasteiger partial charge in [-0.05, 0) is 47.7 Å². The van der Waals surface area contributed by atoms with Crippen LogP contribution < -0.4 is 4.74 Å². The summed E-state index contributed by atoms with van der Waals surface area (Å²) in [7, 11) is 0. The number of hydrogen-bond donors (Lipinski definition) is 5. The predicted molar refractivity (Wildman–Crippen MR) is 90.0 cm³/mol. The van der Waals surface area contributed by atoms with E-state index in [0.717, 1.165) is 14.5 Å². The summed E-state index contributed by atoms with van der Waals surface area (Å²) in [5.41, 5.74) is -0.980. The highest BCUT2D eigenvalue weighted by atomic mass is 127. The quantitative estimate of drug-likeness (QED) is 0.445. The van der Waals surface area contributed by atoms with Gasteiger partial charge in [0, 0.05) is 20.7 Å². The van der Waals surface area contributed by atoms with Crippen LogP contribution in [0.2, 0.25) is 0 Å². The molecular weight excluding hydrogens is 417 g/mol. The number of ether oxygens (including phenoxy) is 2. The number of nitrogens with one attached hydrogen (secondary N) is 1. The van der Waals surface area contributed by atoms with Crippen LogP contribution in [-0.4, -0.2) is 62.2 Å². The summed E-state index contributed by atoms with van der Waals surface area (Å²) in [4.78, 5) is 3.05. The van der Waals surface area contributed by atoms with Gasteiger partial charge in [0.15, 0.2) is 5.60 Å². The van der Waals surface area contributed by atoms with Crippen molar-refractivity contribution in [1.82, 2.24) is 4.98 Å². The molecule has 2 aromatic rings. The second kappa shape index (κ2) is 6.19. The highest BCUT2D eigenvalue weighted by molar-refractivity contribution is 14.1. The zero-order chi connectivity index (χ0) is 16.8. The average molecular weight is 435 g/mol. The zero-order valence-corrected chi connectivity index (χ0v) is 14.5. The highest BCUT2D eigenvalue weighted by Gasteiger charge is 2.53. The van der Waals surface area contributed by atoms with E-state index in [9.17, 15) is 20.4 Å². The number of halogens is 1. The molecule has 1 aliphatic heterocycles. The maximum atomic E-state index is 10.5.